The summed E-state index contributed by atoms with van der Waals surface area (Å²) in [5.41, 5.74) is 3.39. The third kappa shape index (κ3) is 6.29. The molecule has 3 heteroatoms. The molecule has 0 aliphatic carbocycles. The Bertz CT molecular complexity index is 1050. The van der Waals surface area contributed by atoms with Crippen LogP contribution in [0.4, 0.5) is 0 Å². The van der Waals surface area contributed by atoms with Crippen molar-refractivity contribution in [1.29, 1.82) is 0 Å². The average Bonchev–Trinajstić information content (AvgIpc) is 2.74. The maximum atomic E-state index is 6.38. The van der Waals surface area contributed by atoms with Gasteiger partial charge < -0.3 is 4.43 Å². The summed E-state index contributed by atoms with van der Waals surface area (Å²) >= 11 is 1.85. The first-order valence-electron chi connectivity index (χ1n) is 10.8. The summed E-state index contributed by atoms with van der Waals surface area (Å²) in [6, 6.07) is 27.2. The molecule has 31 heavy (non-hydrogen) atoms. The van der Waals surface area contributed by atoms with Crippen molar-refractivity contribution in [3.63, 3.8) is 0 Å². The monoisotopic (exact) mass is 444 g/mol. The first kappa shape index (κ1) is 23.3. The van der Waals surface area contributed by atoms with Gasteiger partial charge in [0.25, 0.3) is 0 Å². The van der Waals surface area contributed by atoms with Gasteiger partial charge in [0.2, 0.25) is 8.32 Å². The van der Waals surface area contributed by atoms with Gasteiger partial charge in [-0.1, -0.05) is 75.1 Å². The molecule has 0 saturated carbocycles. The van der Waals surface area contributed by atoms with Crippen molar-refractivity contribution >= 4 is 20.1 Å². The fourth-order valence-electron chi connectivity index (χ4n) is 2.85. The van der Waals surface area contributed by atoms with Gasteiger partial charge in [0, 0.05) is 21.3 Å². The second-order valence-corrected chi connectivity index (χ2v) is 15.4. The molecular weight excluding hydrogens is 412 g/mol. The van der Waals surface area contributed by atoms with Crippen LogP contribution in [0.2, 0.25) is 18.1 Å². The summed E-state index contributed by atoms with van der Waals surface area (Å²) in [4.78, 5) is 1.21. The zero-order valence-electron chi connectivity index (χ0n) is 19.4. The topological polar surface area (TPSA) is 9.23 Å². The van der Waals surface area contributed by atoms with Crippen LogP contribution in [0.25, 0.3) is 0 Å². The molecule has 160 valence electrons. The maximum Gasteiger partial charge on any atom is 0.250 e. The summed E-state index contributed by atoms with van der Waals surface area (Å²) in [7, 11) is -1.82. The molecule has 0 spiro atoms. The molecule has 0 amide bonds. The van der Waals surface area contributed by atoms with E-state index in [9.17, 15) is 0 Å². The molecule has 0 fully saturated rings. The predicted molar refractivity (Wildman–Crippen MR) is 137 cm³/mol. The number of benzene rings is 3. The lowest BCUT2D eigenvalue weighted by atomic mass is 10.2. The molecule has 0 aromatic heterocycles. The van der Waals surface area contributed by atoms with E-state index in [-0.39, 0.29) is 5.04 Å². The van der Waals surface area contributed by atoms with Crippen molar-refractivity contribution in [3.8, 4) is 17.6 Å². The SMILES string of the molecule is C[C@@H](Sc1ccccc1C#Cc1ccc(O[Si](C)(C)C(C)(C)C)cc1)c1ccccc1. The number of hydrogen-bond donors (Lipinski definition) is 0. The molecular formula is C28H32OSSi. The standard InChI is InChI=1S/C28H32OSSi/c1-22(24-12-8-7-9-13-24)30-27-15-11-10-14-25(27)19-16-23-17-20-26(21-18-23)29-31(5,6)28(2,3)4/h7-15,17-18,20-22H,1-6H3/t22-/m1/s1. The molecule has 0 aliphatic rings. The molecule has 3 aromatic carbocycles. The van der Waals surface area contributed by atoms with E-state index in [1.54, 1.807) is 0 Å². The molecule has 3 aromatic rings. The molecule has 0 unspecified atom stereocenters. The summed E-state index contributed by atoms with van der Waals surface area (Å²) in [6.07, 6.45) is 0. The molecule has 0 aliphatic heterocycles. The lowest BCUT2D eigenvalue weighted by Gasteiger charge is -2.36. The quantitative estimate of drug-likeness (QED) is 0.222. The van der Waals surface area contributed by atoms with E-state index in [1.165, 1.54) is 10.5 Å². The van der Waals surface area contributed by atoms with Crippen LogP contribution in [-0.2, 0) is 0 Å². The highest BCUT2D eigenvalue weighted by Crippen LogP contribution is 2.38. The Morgan fingerprint density at radius 3 is 2.06 bits per heavy atom. The fraction of sp³-hybridized carbons (Fsp3) is 0.286. The zero-order valence-corrected chi connectivity index (χ0v) is 21.2. The van der Waals surface area contributed by atoms with Gasteiger partial charge in [0.05, 0.1) is 0 Å². The van der Waals surface area contributed by atoms with E-state index in [0.29, 0.717) is 5.25 Å². The summed E-state index contributed by atoms with van der Waals surface area (Å²) in [6.45, 7) is 13.6. The smallest absolute Gasteiger partial charge is 0.250 e. The zero-order chi connectivity index (χ0) is 22.5. The Kier molecular flexibility index (Phi) is 7.36. The maximum absolute atomic E-state index is 6.38. The van der Waals surface area contributed by atoms with Crippen LogP contribution in [0.15, 0.2) is 83.8 Å². The van der Waals surface area contributed by atoms with Gasteiger partial charge >= 0.3 is 0 Å². The first-order chi connectivity index (χ1) is 14.7. The highest BCUT2D eigenvalue weighted by Gasteiger charge is 2.38. The Labute approximate surface area is 193 Å². The van der Waals surface area contributed by atoms with Crippen LogP contribution in [0.5, 0.6) is 5.75 Å². The van der Waals surface area contributed by atoms with Crippen molar-refractivity contribution in [2.75, 3.05) is 0 Å². The summed E-state index contributed by atoms with van der Waals surface area (Å²) in [5, 5.41) is 0.555. The predicted octanol–water partition coefficient (Wildman–Crippen LogP) is 8.32. The van der Waals surface area contributed by atoms with Crippen molar-refractivity contribution in [3.05, 3.63) is 95.6 Å². The molecule has 0 bridgehead atoms. The molecule has 0 heterocycles. The number of thioether (sulfide) groups is 1. The van der Waals surface area contributed by atoms with E-state index < -0.39 is 8.32 Å². The Balaban J connectivity index is 1.74. The average molecular weight is 445 g/mol. The van der Waals surface area contributed by atoms with Crippen LogP contribution in [0, 0.1) is 11.8 Å². The Morgan fingerprint density at radius 2 is 1.42 bits per heavy atom. The molecule has 0 radical (unpaired) electrons. The van der Waals surface area contributed by atoms with E-state index >= 15 is 0 Å². The Hall–Kier alpha value is -2.41. The summed E-state index contributed by atoms with van der Waals surface area (Å²) in [5.74, 6) is 7.64. The second kappa shape index (κ2) is 9.81. The van der Waals surface area contributed by atoms with E-state index in [1.807, 2.05) is 23.9 Å². The van der Waals surface area contributed by atoms with Crippen molar-refractivity contribution in [2.45, 2.75) is 56.0 Å². The minimum Gasteiger partial charge on any atom is -0.544 e. The van der Waals surface area contributed by atoms with E-state index in [4.69, 9.17) is 4.43 Å². The van der Waals surface area contributed by atoms with Crippen molar-refractivity contribution in [2.24, 2.45) is 0 Å². The van der Waals surface area contributed by atoms with E-state index in [0.717, 1.165) is 16.9 Å². The third-order valence-electron chi connectivity index (χ3n) is 5.83. The minimum absolute atomic E-state index is 0.184. The molecule has 0 saturated heterocycles. The van der Waals surface area contributed by atoms with Crippen LogP contribution in [-0.4, -0.2) is 8.32 Å². The molecule has 1 atom stereocenters. The summed E-state index contributed by atoms with van der Waals surface area (Å²) < 4.78 is 6.38. The van der Waals surface area contributed by atoms with Gasteiger partial charge in [-0.3, -0.25) is 0 Å². The van der Waals surface area contributed by atoms with Crippen LogP contribution >= 0.6 is 11.8 Å². The van der Waals surface area contributed by atoms with Crippen molar-refractivity contribution < 1.29 is 4.43 Å². The van der Waals surface area contributed by atoms with Gasteiger partial charge in [-0.25, -0.2) is 0 Å². The minimum atomic E-state index is -1.82. The lowest BCUT2D eigenvalue weighted by Crippen LogP contribution is -2.43. The fourth-order valence-corrected chi connectivity index (χ4v) is 4.96. The van der Waals surface area contributed by atoms with Crippen LogP contribution in [0.1, 0.15) is 49.6 Å². The van der Waals surface area contributed by atoms with Crippen LogP contribution in [0.3, 0.4) is 0 Å². The normalized spacial score (nSPS) is 12.6. The van der Waals surface area contributed by atoms with Gasteiger partial charge in [0.15, 0.2) is 0 Å². The second-order valence-electron chi connectivity index (χ2n) is 9.30. The van der Waals surface area contributed by atoms with E-state index in [2.05, 4.69) is 119 Å². The molecule has 1 nitrogen and oxygen atoms in total. The number of rotatable bonds is 5. The highest BCUT2D eigenvalue weighted by atomic mass is 32.2. The van der Waals surface area contributed by atoms with Gasteiger partial charge in [-0.2, -0.15) is 0 Å². The molecule has 3 rings (SSSR count). The van der Waals surface area contributed by atoms with Gasteiger partial charge in [-0.05, 0) is 67.0 Å². The number of hydrogen-bond acceptors (Lipinski definition) is 2. The first-order valence-corrected chi connectivity index (χ1v) is 14.6. The van der Waals surface area contributed by atoms with Gasteiger partial charge in [0.1, 0.15) is 5.75 Å². The molecule has 0 N–H and O–H groups in total. The van der Waals surface area contributed by atoms with Crippen molar-refractivity contribution in [1.82, 2.24) is 0 Å². The highest BCUT2D eigenvalue weighted by molar-refractivity contribution is 7.99. The van der Waals surface area contributed by atoms with Crippen LogP contribution < -0.4 is 4.43 Å². The largest absolute Gasteiger partial charge is 0.544 e. The Morgan fingerprint density at radius 1 is 0.806 bits per heavy atom. The van der Waals surface area contributed by atoms with Gasteiger partial charge in [-0.15, -0.1) is 11.8 Å². The third-order valence-corrected chi connectivity index (χ3v) is 11.4. The lowest BCUT2D eigenvalue weighted by molar-refractivity contribution is 0.492.